The van der Waals surface area contributed by atoms with E-state index in [1.54, 1.807) is 7.05 Å². The van der Waals surface area contributed by atoms with E-state index in [2.05, 4.69) is 32.4 Å². The Morgan fingerprint density at radius 3 is 2.64 bits per heavy atom. The number of thiazole rings is 1. The summed E-state index contributed by atoms with van der Waals surface area (Å²) in [6, 6.07) is 0. The van der Waals surface area contributed by atoms with Gasteiger partial charge in [0.25, 0.3) is 0 Å². The molecule has 9 heteroatoms. The van der Waals surface area contributed by atoms with Crippen molar-refractivity contribution in [3.05, 3.63) is 16.1 Å². The Morgan fingerprint density at radius 2 is 2.08 bits per heavy atom. The zero-order valence-electron chi connectivity index (χ0n) is 14.7. The molecule has 0 bridgehead atoms. The predicted octanol–water partition coefficient (Wildman–Crippen LogP) is 2.95. The van der Waals surface area contributed by atoms with Gasteiger partial charge in [-0.25, -0.2) is 4.98 Å². The molecule has 0 aromatic carbocycles. The summed E-state index contributed by atoms with van der Waals surface area (Å²) >= 11 is 0.998. The van der Waals surface area contributed by atoms with E-state index in [9.17, 15) is 13.2 Å². The van der Waals surface area contributed by atoms with Gasteiger partial charge in [-0.2, -0.15) is 13.2 Å². The molecule has 2 N–H and O–H groups in total. The maximum atomic E-state index is 12.6. The minimum Gasteiger partial charge on any atom is -0.356 e. The third-order valence-corrected chi connectivity index (χ3v) is 5.13. The molecule has 2 rings (SSSR count). The minimum absolute atomic E-state index is 0.232. The first-order valence-electron chi connectivity index (χ1n) is 8.60. The van der Waals surface area contributed by atoms with E-state index in [1.807, 2.05) is 0 Å². The highest BCUT2D eigenvalue weighted by atomic mass is 32.1. The van der Waals surface area contributed by atoms with Crippen molar-refractivity contribution in [2.75, 3.05) is 33.2 Å². The fraction of sp³-hybridized carbons (Fsp3) is 0.750. The molecule has 0 aliphatic carbocycles. The van der Waals surface area contributed by atoms with Gasteiger partial charge in [0.05, 0.1) is 6.54 Å². The van der Waals surface area contributed by atoms with Crippen molar-refractivity contribution in [2.24, 2.45) is 10.9 Å². The topological polar surface area (TPSA) is 52.5 Å². The maximum absolute atomic E-state index is 12.6. The SMILES string of the molecule is CCCN1CCC(CNC(=NC)NCc2nc(C(F)(F)F)cs2)CC1. The Kier molecular flexibility index (Phi) is 7.49. The standard InChI is InChI=1S/C16H26F3N5S/c1-3-6-24-7-4-12(5-8-24)9-21-15(20-2)22-10-14-23-13(11-25-14)16(17,18)19/h11-12H,3-10H2,1-2H3,(H2,20,21,22). The van der Waals surface area contributed by atoms with Gasteiger partial charge in [0.2, 0.25) is 0 Å². The highest BCUT2D eigenvalue weighted by Gasteiger charge is 2.33. The molecule has 0 radical (unpaired) electrons. The average molecular weight is 377 g/mol. The van der Waals surface area contributed by atoms with Gasteiger partial charge in [-0.15, -0.1) is 11.3 Å². The molecule has 1 saturated heterocycles. The van der Waals surface area contributed by atoms with E-state index >= 15 is 0 Å². The lowest BCUT2D eigenvalue weighted by Gasteiger charge is -2.32. The highest BCUT2D eigenvalue weighted by Crippen LogP contribution is 2.29. The van der Waals surface area contributed by atoms with Crippen LogP contribution in [0.15, 0.2) is 10.4 Å². The molecule has 1 aromatic rings. The predicted molar refractivity (Wildman–Crippen MR) is 94.8 cm³/mol. The number of hydrogen-bond acceptors (Lipinski definition) is 4. The molecule has 5 nitrogen and oxygen atoms in total. The van der Waals surface area contributed by atoms with Crippen molar-refractivity contribution in [2.45, 2.75) is 38.9 Å². The summed E-state index contributed by atoms with van der Waals surface area (Å²) < 4.78 is 37.7. The van der Waals surface area contributed by atoms with Crippen LogP contribution in [-0.2, 0) is 12.7 Å². The number of guanidine groups is 1. The van der Waals surface area contributed by atoms with Crippen LogP contribution in [0, 0.1) is 5.92 Å². The lowest BCUT2D eigenvalue weighted by molar-refractivity contribution is -0.140. The summed E-state index contributed by atoms with van der Waals surface area (Å²) in [4.78, 5) is 10.2. The molecule has 1 aliphatic heterocycles. The van der Waals surface area contributed by atoms with Crippen molar-refractivity contribution in [3.8, 4) is 0 Å². The number of likely N-dealkylation sites (tertiary alicyclic amines) is 1. The van der Waals surface area contributed by atoms with Gasteiger partial charge in [0.1, 0.15) is 5.01 Å². The van der Waals surface area contributed by atoms with Crippen LogP contribution in [0.2, 0.25) is 0 Å². The van der Waals surface area contributed by atoms with Crippen molar-refractivity contribution < 1.29 is 13.2 Å². The molecular formula is C16H26F3N5S. The first-order chi connectivity index (χ1) is 11.9. The van der Waals surface area contributed by atoms with Crippen molar-refractivity contribution >= 4 is 17.3 Å². The highest BCUT2D eigenvalue weighted by molar-refractivity contribution is 7.09. The van der Waals surface area contributed by atoms with E-state index in [4.69, 9.17) is 0 Å². The minimum atomic E-state index is -4.39. The monoisotopic (exact) mass is 377 g/mol. The number of nitrogens with zero attached hydrogens (tertiary/aromatic N) is 3. The van der Waals surface area contributed by atoms with Crippen LogP contribution >= 0.6 is 11.3 Å². The molecule has 142 valence electrons. The molecule has 0 amide bonds. The molecule has 0 atom stereocenters. The normalized spacial score (nSPS) is 17.7. The number of halogens is 3. The molecular weight excluding hydrogens is 351 g/mol. The largest absolute Gasteiger partial charge is 0.434 e. The summed E-state index contributed by atoms with van der Waals surface area (Å²) in [6.45, 7) is 6.68. The zero-order chi connectivity index (χ0) is 18.3. The summed E-state index contributed by atoms with van der Waals surface area (Å²) in [5.74, 6) is 1.20. The Bertz CT molecular complexity index is 550. The lowest BCUT2D eigenvalue weighted by Crippen LogP contribution is -2.42. The molecule has 0 unspecified atom stereocenters. The summed E-state index contributed by atoms with van der Waals surface area (Å²) in [5.41, 5.74) is -0.837. The fourth-order valence-electron chi connectivity index (χ4n) is 2.87. The van der Waals surface area contributed by atoms with Gasteiger partial charge in [0, 0.05) is 19.0 Å². The Hall–Kier alpha value is -1.35. The number of alkyl halides is 3. The van der Waals surface area contributed by atoms with Crippen LogP contribution in [0.5, 0.6) is 0 Å². The summed E-state index contributed by atoms with van der Waals surface area (Å²) in [7, 11) is 1.65. The number of nitrogens with one attached hydrogen (secondary N) is 2. The van der Waals surface area contributed by atoms with E-state index in [1.165, 1.54) is 6.42 Å². The molecule has 2 heterocycles. The van der Waals surface area contributed by atoms with Crippen LogP contribution in [-0.4, -0.2) is 49.1 Å². The Labute approximate surface area is 150 Å². The van der Waals surface area contributed by atoms with Crippen LogP contribution in [0.3, 0.4) is 0 Å². The van der Waals surface area contributed by atoms with E-state index in [0.717, 1.165) is 55.7 Å². The summed E-state index contributed by atoms with van der Waals surface area (Å²) in [6.07, 6.45) is -0.884. The fourth-order valence-corrected chi connectivity index (χ4v) is 3.61. The summed E-state index contributed by atoms with van der Waals surface area (Å²) in [5, 5.41) is 7.73. The lowest BCUT2D eigenvalue weighted by atomic mass is 9.97. The molecule has 25 heavy (non-hydrogen) atoms. The first kappa shape index (κ1) is 20.0. The number of aliphatic imine (C=N–C) groups is 1. The third kappa shape index (κ3) is 6.47. The smallest absolute Gasteiger partial charge is 0.356 e. The number of aromatic nitrogens is 1. The first-order valence-corrected chi connectivity index (χ1v) is 9.48. The number of piperidine rings is 1. The second-order valence-electron chi connectivity index (χ2n) is 6.22. The number of rotatable bonds is 6. The van der Waals surface area contributed by atoms with E-state index in [-0.39, 0.29) is 6.54 Å². The van der Waals surface area contributed by atoms with E-state index in [0.29, 0.717) is 16.9 Å². The van der Waals surface area contributed by atoms with Crippen molar-refractivity contribution in [3.63, 3.8) is 0 Å². The molecule has 0 spiro atoms. The molecule has 1 aliphatic rings. The van der Waals surface area contributed by atoms with Gasteiger partial charge in [-0.05, 0) is 44.8 Å². The quantitative estimate of drug-likeness (QED) is 0.591. The van der Waals surface area contributed by atoms with Crippen LogP contribution < -0.4 is 10.6 Å². The Morgan fingerprint density at radius 1 is 1.36 bits per heavy atom. The van der Waals surface area contributed by atoms with Crippen molar-refractivity contribution in [1.82, 2.24) is 20.5 Å². The van der Waals surface area contributed by atoms with Gasteiger partial charge in [-0.3, -0.25) is 4.99 Å². The van der Waals surface area contributed by atoms with Gasteiger partial charge >= 0.3 is 6.18 Å². The Balaban J connectivity index is 1.72. The van der Waals surface area contributed by atoms with Gasteiger partial charge < -0.3 is 15.5 Å². The van der Waals surface area contributed by atoms with Crippen LogP contribution in [0.25, 0.3) is 0 Å². The van der Waals surface area contributed by atoms with Gasteiger partial charge in [-0.1, -0.05) is 6.92 Å². The van der Waals surface area contributed by atoms with Crippen LogP contribution in [0.4, 0.5) is 13.2 Å². The van der Waals surface area contributed by atoms with Gasteiger partial charge in [0.15, 0.2) is 11.7 Å². The molecule has 1 aromatic heterocycles. The average Bonchev–Trinajstić information content (AvgIpc) is 3.06. The molecule has 1 fully saturated rings. The maximum Gasteiger partial charge on any atom is 0.434 e. The second kappa shape index (κ2) is 9.38. The molecule has 0 saturated carbocycles. The zero-order valence-corrected chi connectivity index (χ0v) is 15.5. The number of hydrogen-bond donors (Lipinski definition) is 2. The van der Waals surface area contributed by atoms with Crippen LogP contribution in [0.1, 0.15) is 36.9 Å². The second-order valence-corrected chi connectivity index (χ2v) is 7.16. The van der Waals surface area contributed by atoms with E-state index < -0.39 is 11.9 Å². The third-order valence-electron chi connectivity index (χ3n) is 4.28. The van der Waals surface area contributed by atoms with Crippen molar-refractivity contribution in [1.29, 1.82) is 0 Å².